The second kappa shape index (κ2) is 4.15. The summed E-state index contributed by atoms with van der Waals surface area (Å²) in [6.45, 7) is 0. The van der Waals surface area contributed by atoms with E-state index in [-0.39, 0.29) is 5.54 Å². The first kappa shape index (κ1) is 11.6. The largest absolute Gasteiger partial charge is 0.333 e. The van der Waals surface area contributed by atoms with Crippen LogP contribution in [0, 0.1) is 0 Å². The first-order valence-electron chi connectivity index (χ1n) is 7.00. The molecule has 2 heterocycles. The average molecular weight is 275 g/mol. The molecule has 2 N–H and O–H groups in total. The van der Waals surface area contributed by atoms with Crippen LogP contribution >= 0.6 is 11.3 Å². The molecular formula is C14H17N3OS. The van der Waals surface area contributed by atoms with E-state index in [1.54, 1.807) is 11.3 Å². The van der Waals surface area contributed by atoms with Crippen LogP contribution in [0.3, 0.4) is 0 Å². The third-order valence-corrected chi connectivity index (χ3v) is 5.55. The Kier molecular flexibility index (Phi) is 2.53. The molecule has 0 aromatic carbocycles. The van der Waals surface area contributed by atoms with Gasteiger partial charge in [0.15, 0.2) is 5.82 Å². The van der Waals surface area contributed by atoms with Gasteiger partial charge in [-0.3, -0.25) is 0 Å². The first-order chi connectivity index (χ1) is 9.24. The highest BCUT2D eigenvalue weighted by molar-refractivity contribution is 7.15. The van der Waals surface area contributed by atoms with Gasteiger partial charge in [0.05, 0.1) is 10.4 Å². The van der Waals surface area contributed by atoms with Gasteiger partial charge in [-0.25, -0.2) is 0 Å². The predicted octanol–water partition coefficient (Wildman–Crippen LogP) is 3.01. The highest BCUT2D eigenvalue weighted by atomic mass is 32.1. The zero-order valence-electron chi connectivity index (χ0n) is 10.8. The maximum atomic E-state index is 6.23. The number of fused-ring (bicyclic) bond motifs is 1. The van der Waals surface area contributed by atoms with Gasteiger partial charge in [-0.2, -0.15) is 4.98 Å². The molecule has 0 spiro atoms. The molecule has 0 atom stereocenters. The molecule has 0 unspecified atom stereocenters. The minimum Gasteiger partial charge on any atom is -0.333 e. The number of thiophene rings is 1. The van der Waals surface area contributed by atoms with Gasteiger partial charge < -0.3 is 10.3 Å². The maximum absolute atomic E-state index is 6.23. The van der Waals surface area contributed by atoms with Crippen LogP contribution in [-0.4, -0.2) is 10.1 Å². The summed E-state index contributed by atoms with van der Waals surface area (Å²) in [5, 5.41) is 4.09. The van der Waals surface area contributed by atoms with Crippen molar-refractivity contribution >= 4 is 11.3 Å². The third-order valence-electron chi connectivity index (χ3n) is 4.32. The molecule has 0 bridgehead atoms. The maximum Gasteiger partial charge on any atom is 0.268 e. The molecule has 1 fully saturated rings. The van der Waals surface area contributed by atoms with E-state index in [0.717, 1.165) is 24.1 Å². The summed E-state index contributed by atoms with van der Waals surface area (Å²) in [6, 6.07) is 2.22. The monoisotopic (exact) mass is 275 g/mol. The minimum absolute atomic E-state index is 0.335. The molecular weight excluding hydrogens is 258 g/mol. The summed E-state index contributed by atoms with van der Waals surface area (Å²) in [6.07, 6.45) is 8.07. The number of nitrogens with zero attached hydrogens (tertiary/aromatic N) is 2. The molecule has 100 valence electrons. The van der Waals surface area contributed by atoms with E-state index < -0.39 is 0 Å². The Morgan fingerprint density at radius 1 is 1.21 bits per heavy atom. The van der Waals surface area contributed by atoms with Crippen LogP contribution in [0.5, 0.6) is 0 Å². The summed E-state index contributed by atoms with van der Waals surface area (Å²) in [4.78, 5) is 7.12. The normalized spacial score (nSPS) is 20.9. The number of hydrogen-bond donors (Lipinski definition) is 1. The molecule has 0 aliphatic heterocycles. The molecule has 4 rings (SSSR count). The van der Waals surface area contributed by atoms with Gasteiger partial charge in [0, 0.05) is 4.88 Å². The summed E-state index contributed by atoms with van der Waals surface area (Å²) >= 11 is 1.80. The molecule has 0 radical (unpaired) electrons. The van der Waals surface area contributed by atoms with Gasteiger partial charge in [0.25, 0.3) is 5.89 Å². The molecule has 2 aliphatic carbocycles. The Hall–Kier alpha value is -1.20. The average Bonchev–Trinajstić information content (AvgIpc) is 3.02. The Bertz CT molecular complexity index is 588. The standard InChI is InChI=1S/C14H17N3OS/c15-14(6-3-7-14)13-16-12(18-17-13)11-8-9-4-1-2-5-10(9)19-11/h8H,1-7,15H2. The smallest absolute Gasteiger partial charge is 0.268 e. The number of nitrogens with two attached hydrogens (primary N) is 1. The highest BCUT2D eigenvalue weighted by Gasteiger charge is 2.39. The lowest BCUT2D eigenvalue weighted by molar-refractivity contribution is 0.229. The summed E-state index contributed by atoms with van der Waals surface area (Å²) in [5.74, 6) is 1.33. The third kappa shape index (κ3) is 1.83. The summed E-state index contributed by atoms with van der Waals surface area (Å²) in [7, 11) is 0. The minimum atomic E-state index is -0.335. The second-order valence-electron chi connectivity index (χ2n) is 5.70. The SMILES string of the molecule is NC1(c2noc(-c3cc4c(s3)CCCC4)n2)CCC1. The van der Waals surface area contributed by atoms with Gasteiger partial charge in [-0.15, -0.1) is 11.3 Å². The van der Waals surface area contributed by atoms with Crippen molar-refractivity contribution in [2.24, 2.45) is 5.73 Å². The molecule has 0 saturated heterocycles. The van der Waals surface area contributed by atoms with Crippen LogP contribution < -0.4 is 5.73 Å². The number of hydrogen-bond acceptors (Lipinski definition) is 5. The van der Waals surface area contributed by atoms with E-state index in [2.05, 4.69) is 16.2 Å². The van der Waals surface area contributed by atoms with Gasteiger partial charge in [-0.1, -0.05) is 5.16 Å². The number of aryl methyl sites for hydroxylation is 2. The van der Waals surface area contributed by atoms with E-state index in [4.69, 9.17) is 10.3 Å². The lowest BCUT2D eigenvalue weighted by Crippen LogP contribution is -2.44. The van der Waals surface area contributed by atoms with Crippen molar-refractivity contribution in [3.05, 3.63) is 22.3 Å². The van der Waals surface area contributed by atoms with Crippen molar-refractivity contribution < 1.29 is 4.52 Å². The molecule has 4 nitrogen and oxygen atoms in total. The number of aromatic nitrogens is 2. The van der Waals surface area contributed by atoms with Crippen LogP contribution in [0.15, 0.2) is 10.6 Å². The Morgan fingerprint density at radius 2 is 2.05 bits per heavy atom. The zero-order valence-corrected chi connectivity index (χ0v) is 11.6. The quantitative estimate of drug-likeness (QED) is 0.915. The van der Waals surface area contributed by atoms with E-state index >= 15 is 0 Å². The van der Waals surface area contributed by atoms with Gasteiger partial charge in [0.1, 0.15) is 0 Å². The molecule has 19 heavy (non-hydrogen) atoms. The van der Waals surface area contributed by atoms with Crippen LogP contribution in [0.4, 0.5) is 0 Å². The van der Waals surface area contributed by atoms with E-state index in [1.807, 2.05) is 0 Å². The predicted molar refractivity (Wildman–Crippen MR) is 74.0 cm³/mol. The summed E-state index contributed by atoms with van der Waals surface area (Å²) in [5.41, 5.74) is 7.37. The lowest BCUT2D eigenvalue weighted by atomic mass is 9.77. The van der Waals surface area contributed by atoms with Gasteiger partial charge >= 0.3 is 0 Å². The van der Waals surface area contributed by atoms with Crippen LogP contribution in [0.25, 0.3) is 10.8 Å². The molecule has 2 aliphatic rings. The van der Waals surface area contributed by atoms with Crippen molar-refractivity contribution in [1.29, 1.82) is 0 Å². The molecule has 2 aromatic heterocycles. The molecule has 1 saturated carbocycles. The van der Waals surface area contributed by atoms with E-state index in [1.165, 1.54) is 36.1 Å². The Morgan fingerprint density at radius 3 is 2.79 bits per heavy atom. The number of rotatable bonds is 2. The fourth-order valence-corrected chi connectivity index (χ4v) is 4.08. The lowest BCUT2D eigenvalue weighted by Gasteiger charge is -2.34. The Labute approximate surface area is 116 Å². The van der Waals surface area contributed by atoms with Crippen molar-refractivity contribution in [1.82, 2.24) is 10.1 Å². The van der Waals surface area contributed by atoms with Crippen LogP contribution in [0.1, 0.15) is 48.4 Å². The molecule has 5 heteroatoms. The summed E-state index contributed by atoms with van der Waals surface area (Å²) < 4.78 is 5.42. The van der Waals surface area contributed by atoms with Crippen LogP contribution in [-0.2, 0) is 18.4 Å². The van der Waals surface area contributed by atoms with Gasteiger partial charge in [-0.05, 0) is 56.6 Å². The van der Waals surface area contributed by atoms with E-state index in [9.17, 15) is 0 Å². The molecule has 2 aromatic rings. The first-order valence-corrected chi connectivity index (χ1v) is 7.81. The fraction of sp³-hybridized carbons (Fsp3) is 0.571. The van der Waals surface area contributed by atoms with Crippen molar-refractivity contribution in [3.8, 4) is 10.8 Å². The molecule has 0 amide bonds. The zero-order chi connectivity index (χ0) is 12.9. The van der Waals surface area contributed by atoms with Crippen molar-refractivity contribution in [2.75, 3.05) is 0 Å². The van der Waals surface area contributed by atoms with Crippen molar-refractivity contribution in [3.63, 3.8) is 0 Å². The van der Waals surface area contributed by atoms with Crippen LogP contribution in [0.2, 0.25) is 0 Å². The Balaban J connectivity index is 1.67. The van der Waals surface area contributed by atoms with Gasteiger partial charge in [0.2, 0.25) is 0 Å². The van der Waals surface area contributed by atoms with E-state index in [0.29, 0.717) is 11.7 Å². The van der Waals surface area contributed by atoms with Crippen molar-refractivity contribution in [2.45, 2.75) is 50.5 Å². The fourth-order valence-electron chi connectivity index (χ4n) is 2.90. The highest BCUT2D eigenvalue weighted by Crippen LogP contribution is 2.39. The second-order valence-corrected chi connectivity index (χ2v) is 6.84. The topological polar surface area (TPSA) is 64.9 Å².